The van der Waals surface area contributed by atoms with E-state index in [1.54, 1.807) is 13.3 Å². The van der Waals surface area contributed by atoms with Gasteiger partial charge in [0.2, 0.25) is 0 Å². The molecular formula is C18H24N2O3. The van der Waals surface area contributed by atoms with Crippen LogP contribution in [0.25, 0.3) is 0 Å². The van der Waals surface area contributed by atoms with Crippen LogP contribution in [0.5, 0.6) is 0 Å². The average molecular weight is 316 g/mol. The zero-order valence-corrected chi connectivity index (χ0v) is 13.8. The summed E-state index contributed by atoms with van der Waals surface area (Å²) in [6.07, 6.45) is 3.51. The summed E-state index contributed by atoms with van der Waals surface area (Å²) in [5.74, 6) is -0.179. The first kappa shape index (κ1) is 17.3. The third-order valence-corrected chi connectivity index (χ3v) is 4.00. The molecule has 0 unspecified atom stereocenters. The summed E-state index contributed by atoms with van der Waals surface area (Å²) in [6, 6.07) is 7.42. The van der Waals surface area contributed by atoms with Crippen molar-refractivity contribution >= 4 is 18.0 Å². The molecule has 23 heavy (non-hydrogen) atoms. The molecule has 2 rings (SSSR count). The van der Waals surface area contributed by atoms with Gasteiger partial charge in [-0.25, -0.2) is 0 Å². The Hall–Kier alpha value is -2.01. The molecule has 5 nitrogen and oxygen atoms in total. The minimum absolute atomic E-state index is 0.0782. The minimum Gasteiger partial charge on any atom is -0.466 e. The van der Waals surface area contributed by atoms with Crippen molar-refractivity contribution in [2.24, 2.45) is 10.9 Å². The maximum Gasteiger partial charge on any atom is 0.310 e. The van der Waals surface area contributed by atoms with Crippen LogP contribution in [0.2, 0.25) is 0 Å². The van der Waals surface area contributed by atoms with Gasteiger partial charge in [0.1, 0.15) is 0 Å². The Morgan fingerprint density at radius 1 is 1.35 bits per heavy atom. The normalized spacial score (nSPS) is 19.0. The monoisotopic (exact) mass is 316 g/mol. The summed E-state index contributed by atoms with van der Waals surface area (Å²) in [5, 5.41) is 0. The van der Waals surface area contributed by atoms with Gasteiger partial charge in [-0.1, -0.05) is 24.3 Å². The Kier molecular flexibility index (Phi) is 6.47. The van der Waals surface area contributed by atoms with E-state index in [0.29, 0.717) is 25.3 Å². The molecule has 1 aromatic rings. The maximum atomic E-state index is 12.4. The zero-order chi connectivity index (χ0) is 16.7. The maximum absolute atomic E-state index is 12.4. The van der Waals surface area contributed by atoms with Crippen LogP contribution in [-0.4, -0.2) is 56.2 Å². The molecule has 1 saturated heterocycles. The number of ether oxygens (including phenoxy) is 1. The Labute approximate surface area is 137 Å². The van der Waals surface area contributed by atoms with E-state index in [9.17, 15) is 9.59 Å². The van der Waals surface area contributed by atoms with E-state index in [1.165, 1.54) is 0 Å². The van der Waals surface area contributed by atoms with E-state index in [0.717, 1.165) is 24.9 Å². The van der Waals surface area contributed by atoms with Gasteiger partial charge in [-0.15, -0.1) is 0 Å². The lowest BCUT2D eigenvalue weighted by molar-refractivity contribution is -0.149. The number of benzene rings is 1. The molecule has 1 aliphatic heterocycles. The molecule has 0 spiro atoms. The Balaban J connectivity index is 1.92. The molecule has 0 N–H and O–H groups in total. The molecule has 1 aromatic carbocycles. The molecule has 1 heterocycles. The fourth-order valence-corrected chi connectivity index (χ4v) is 2.85. The quantitative estimate of drug-likeness (QED) is 0.458. The fraction of sp³-hybridized carbons (Fsp3) is 0.500. The molecule has 1 aliphatic rings. The molecule has 0 saturated carbocycles. The van der Waals surface area contributed by atoms with Gasteiger partial charge in [0.05, 0.1) is 19.1 Å². The van der Waals surface area contributed by atoms with Crippen LogP contribution >= 0.6 is 0 Å². The third-order valence-electron chi connectivity index (χ3n) is 4.00. The molecule has 0 radical (unpaired) electrons. The number of nitrogens with zero attached hydrogens (tertiary/aromatic N) is 2. The number of hydrogen-bond donors (Lipinski definition) is 0. The van der Waals surface area contributed by atoms with Crippen LogP contribution < -0.4 is 0 Å². The first-order valence-corrected chi connectivity index (χ1v) is 8.08. The molecule has 0 aromatic heterocycles. The molecule has 1 fully saturated rings. The lowest BCUT2D eigenvalue weighted by Crippen LogP contribution is -2.41. The molecular weight excluding hydrogens is 292 g/mol. The van der Waals surface area contributed by atoms with E-state index in [-0.39, 0.29) is 17.7 Å². The van der Waals surface area contributed by atoms with Crippen LogP contribution in [0.15, 0.2) is 29.3 Å². The van der Waals surface area contributed by atoms with Gasteiger partial charge in [0, 0.05) is 25.4 Å². The van der Waals surface area contributed by atoms with Crippen molar-refractivity contribution in [3.05, 3.63) is 35.4 Å². The first-order chi connectivity index (χ1) is 11.1. The van der Waals surface area contributed by atoms with Crippen molar-refractivity contribution in [3.8, 4) is 0 Å². The number of hydrogen-bond acceptors (Lipinski definition) is 5. The number of likely N-dealkylation sites (tertiary alicyclic amines) is 1. The fourth-order valence-electron chi connectivity index (χ4n) is 2.85. The number of carbonyl (C=O) groups excluding carboxylic acids is 2. The molecule has 0 amide bonds. The second-order valence-corrected chi connectivity index (χ2v) is 5.76. The van der Waals surface area contributed by atoms with Gasteiger partial charge >= 0.3 is 5.97 Å². The average Bonchev–Trinajstić information content (AvgIpc) is 2.56. The van der Waals surface area contributed by atoms with Crippen molar-refractivity contribution in [2.75, 3.05) is 33.3 Å². The Morgan fingerprint density at radius 3 is 2.74 bits per heavy atom. The van der Waals surface area contributed by atoms with Gasteiger partial charge in [-0.05, 0) is 31.9 Å². The van der Waals surface area contributed by atoms with Gasteiger partial charge in [-0.3, -0.25) is 19.5 Å². The van der Waals surface area contributed by atoms with Crippen LogP contribution in [0.1, 0.15) is 35.7 Å². The number of rotatable bonds is 6. The third kappa shape index (κ3) is 4.99. The number of aliphatic imine (C=N–C) groups is 1. The van der Waals surface area contributed by atoms with Crippen molar-refractivity contribution in [3.63, 3.8) is 0 Å². The highest BCUT2D eigenvalue weighted by molar-refractivity contribution is 5.98. The first-order valence-electron chi connectivity index (χ1n) is 8.08. The highest BCUT2D eigenvalue weighted by Crippen LogP contribution is 2.18. The van der Waals surface area contributed by atoms with Crippen LogP contribution in [0.3, 0.4) is 0 Å². The van der Waals surface area contributed by atoms with E-state index in [1.807, 2.05) is 31.2 Å². The number of esters is 1. The van der Waals surface area contributed by atoms with E-state index in [4.69, 9.17) is 4.74 Å². The molecule has 124 valence electrons. The highest BCUT2D eigenvalue weighted by atomic mass is 16.5. The Bertz CT molecular complexity index is 566. The largest absolute Gasteiger partial charge is 0.466 e. The second kappa shape index (κ2) is 8.58. The SMILES string of the molecule is CCOC(=O)[C@H]1CCCN(CC(=O)c2ccc(C=NC)cc2)C1. The van der Waals surface area contributed by atoms with Crippen molar-refractivity contribution in [1.29, 1.82) is 0 Å². The second-order valence-electron chi connectivity index (χ2n) is 5.76. The predicted octanol–water partition coefficient (Wildman–Crippen LogP) is 2.19. The lowest BCUT2D eigenvalue weighted by Gasteiger charge is -2.30. The van der Waals surface area contributed by atoms with Crippen molar-refractivity contribution in [2.45, 2.75) is 19.8 Å². The summed E-state index contributed by atoms with van der Waals surface area (Å²) >= 11 is 0. The summed E-state index contributed by atoms with van der Waals surface area (Å²) in [4.78, 5) is 30.2. The molecule has 5 heteroatoms. The topological polar surface area (TPSA) is 59.0 Å². The van der Waals surface area contributed by atoms with Crippen LogP contribution in [-0.2, 0) is 9.53 Å². The van der Waals surface area contributed by atoms with Crippen LogP contribution in [0.4, 0.5) is 0 Å². The summed E-state index contributed by atoms with van der Waals surface area (Å²) in [5.41, 5.74) is 1.67. The van der Waals surface area contributed by atoms with E-state index >= 15 is 0 Å². The van der Waals surface area contributed by atoms with Crippen LogP contribution in [0, 0.1) is 5.92 Å². The van der Waals surface area contributed by atoms with E-state index in [2.05, 4.69) is 9.89 Å². The zero-order valence-electron chi connectivity index (χ0n) is 13.8. The lowest BCUT2D eigenvalue weighted by atomic mass is 9.97. The van der Waals surface area contributed by atoms with E-state index < -0.39 is 0 Å². The number of carbonyl (C=O) groups is 2. The molecule has 0 bridgehead atoms. The summed E-state index contributed by atoms with van der Waals surface area (Å²) in [6.45, 7) is 4.01. The van der Waals surface area contributed by atoms with Gasteiger partial charge in [-0.2, -0.15) is 0 Å². The van der Waals surface area contributed by atoms with Crippen molar-refractivity contribution in [1.82, 2.24) is 4.90 Å². The van der Waals surface area contributed by atoms with Gasteiger partial charge in [0.25, 0.3) is 0 Å². The highest BCUT2D eigenvalue weighted by Gasteiger charge is 2.27. The standard InChI is InChI=1S/C18H24N2O3/c1-3-23-18(22)16-5-4-10-20(12-16)13-17(21)15-8-6-14(7-9-15)11-19-2/h6-9,11,16H,3-5,10,12-13H2,1-2H3/t16-/m0/s1. The summed E-state index contributed by atoms with van der Waals surface area (Å²) in [7, 11) is 1.72. The predicted molar refractivity (Wildman–Crippen MR) is 90.1 cm³/mol. The molecule has 0 aliphatic carbocycles. The minimum atomic E-state index is -0.146. The van der Waals surface area contributed by atoms with Crippen molar-refractivity contribution < 1.29 is 14.3 Å². The molecule has 1 atom stereocenters. The number of Topliss-reactive ketones (excluding diaryl/α,β-unsaturated/α-hetero) is 1. The Morgan fingerprint density at radius 2 is 2.09 bits per heavy atom. The van der Waals surface area contributed by atoms with Gasteiger partial charge in [0.15, 0.2) is 5.78 Å². The summed E-state index contributed by atoms with van der Waals surface area (Å²) < 4.78 is 5.09. The van der Waals surface area contributed by atoms with Gasteiger partial charge < -0.3 is 4.74 Å². The number of piperidine rings is 1. The smallest absolute Gasteiger partial charge is 0.310 e. The number of ketones is 1.